The lowest BCUT2D eigenvalue weighted by Gasteiger charge is -2.29. The van der Waals surface area contributed by atoms with Gasteiger partial charge in [-0.15, -0.1) is 0 Å². The van der Waals surface area contributed by atoms with E-state index < -0.39 is 10.0 Å². The Morgan fingerprint density at radius 1 is 1.23 bits per heavy atom. The number of aromatic nitrogens is 1. The summed E-state index contributed by atoms with van der Waals surface area (Å²) < 4.78 is 31.6. The molecule has 0 bridgehead atoms. The van der Waals surface area contributed by atoms with Crippen molar-refractivity contribution in [3.05, 3.63) is 38.7 Å². The van der Waals surface area contributed by atoms with Crippen LogP contribution in [0.5, 0.6) is 0 Å². The highest BCUT2D eigenvalue weighted by molar-refractivity contribution is 7.89. The van der Waals surface area contributed by atoms with Crippen LogP contribution in [-0.4, -0.2) is 50.7 Å². The van der Waals surface area contributed by atoms with E-state index in [1.54, 1.807) is 18.2 Å². The van der Waals surface area contributed by atoms with Crippen LogP contribution in [0.25, 0.3) is 0 Å². The van der Waals surface area contributed by atoms with Crippen LogP contribution >= 0.6 is 34.5 Å². The summed E-state index contributed by atoms with van der Waals surface area (Å²) >= 11 is 13.4. The Morgan fingerprint density at radius 2 is 1.84 bits per heavy atom. The monoisotopic (exact) mass is 506 g/mol. The third kappa shape index (κ3) is 6.30. The quantitative estimate of drug-likeness (QED) is 0.444. The van der Waals surface area contributed by atoms with E-state index in [1.807, 2.05) is 0 Å². The molecule has 4 N–H and O–H groups in total. The number of nitrogen functional groups attached to an aromatic ring is 1. The highest BCUT2D eigenvalue weighted by atomic mass is 35.5. The Hall–Kier alpha value is -1.43. The van der Waals surface area contributed by atoms with E-state index >= 15 is 0 Å². The van der Waals surface area contributed by atoms with Crippen LogP contribution in [0.15, 0.2) is 18.2 Å². The number of benzene rings is 1. The molecule has 170 valence electrons. The van der Waals surface area contributed by atoms with Crippen molar-refractivity contribution in [2.24, 2.45) is 0 Å². The molecule has 0 spiro atoms. The molecule has 1 aliphatic rings. The number of sulfonamides is 1. The predicted molar refractivity (Wildman–Crippen MR) is 125 cm³/mol. The summed E-state index contributed by atoms with van der Waals surface area (Å²) in [5, 5.41) is 4.35. The van der Waals surface area contributed by atoms with Crippen LogP contribution in [0.1, 0.15) is 40.9 Å². The largest absolute Gasteiger partial charge is 0.384 e. The lowest BCUT2D eigenvalue weighted by Crippen LogP contribution is -2.41. The zero-order valence-corrected chi connectivity index (χ0v) is 20.0. The van der Waals surface area contributed by atoms with Crippen LogP contribution in [-0.2, 0) is 14.8 Å². The van der Waals surface area contributed by atoms with Crippen LogP contribution in [0.2, 0.25) is 10.0 Å². The Kier molecular flexibility index (Phi) is 8.17. The van der Waals surface area contributed by atoms with Gasteiger partial charge in [0.2, 0.25) is 15.8 Å². The summed E-state index contributed by atoms with van der Waals surface area (Å²) in [4.78, 5) is 17.4. The number of ether oxygens (including phenoxy) is 1. The first kappa shape index (κ1) is 24.2. The second-order valence-electron chi connectivity index (χ2n) is 7.28. The minimum Gasteiger partial charge on any atom is -0.384 e. The predicted octanol–water partition coefficient (Wildman–Crippen LogP) is 3.55. The van der Waals surface area contributed by atoms with Crippen molar-refractivity contribution in [3.8, 4) is 0 Å². The Bertz CT molecular complexity index is 1020. The lowest BCUT2D eigenvalue weighted by molar-refractivity contribution is 0.104. The van der Waals surface area contributed by atoms with Gasteiger partial charge in [0.25, 0.3) is 0 Å². The molecule has 0 radical (unpaired) electrons. The average molecular weight is 507 g/mol. The molecular formula is C19H24Cl2N4O4S2. The van der Waals surface area contributed by atoms with Gasteiger partial charge in [-0.1, -0.05) is 40.6 Å². The number of hydrogen-bond donors (Lipinski definition) is 3. The van der Waals surface area contributed by atoms with Gasteiger partial charge in [0.1, 0.15) is 10.7 Å². The molecule has 1 aromatic carbocycles. The third-order valence-electron chi connectivity index (χ3n) is 5.01. The Morgan fingerprint density at radius 3 is 2.45 bits per heavy atom. The number of anilines is 2. The molecule has 0 atom stereocenters. The van der Waals surface area contributed by atoms with Crippen molar-refractivity contribution in [2.75, 3.05) is 30.5 Å². The maximum Gasteiger partial charge on any atom is 0.214 e. The second-order valence-corrected chi connectivity index (χ2v) is 11.0. The van der Waals surface area contributed by atoms with Gasteiger partial charge < -0.3 is 15.8 Å². The van der Waals surface area contributed by atoms with Crippen LogP contribution in [0.3, 0.4) is 0 Å². The van der Waals surface area contributed by atoms with E-state index in [-0.39, 0.29) is 56.5 Å². The number of nitrogens with two attached hydrogens (primary N) is 1. The van der Waals surface area contributed by atoms with Gasteiger partial charge in [0.15, 0.2) is 5.13 Å². The number of nitrogens with zero attached hydrogens (tertiary/aromatic N) is 1. The lowest BCUT2D eigenvalue weighted by atomic mass is 9.92. The van der Waals surface area contributed by atoms with E-state index in [2.05, 4.69) is 15.0 Å². The smallest absolute Gasteiger partial charge is 0.214 e. The summed E-state index contributed by atoms with van der Waals surface area (Å²) in [6.07, 6.45) is 2.92. The molecule has 0 amide bonds. The van der Waals surface area contributed by atoms with E-state index in [0.717, 1.165) is 24.2 Å². The van der Waals surface area contributed by atoms with E-state index in [9.17, 15) is 13.2 Å². The number of nitrogens with one attached hydrogen (secondary N) is 2. The van der Waals surface area contributed by atoms with E-state index in [1.165, 1.54) is 7.11 Å². The molecule has 1 fully saturated rings. The van der Waals surface area contributed by atoms with Crippen molar-refractivity contribution >= 4 is 61.3 Å². The standard InChI is InChI=1S/C19H24Cl2N4O4S2/c1-29-9-10-31(27,28)25-12-7-5-11(6-8-12)23-19-24-18(22)17(30-19)16(26)15-13(20)3-2-4-14(15)21/h2-4,11-12,25H,5-10,22H2,1H3,(H,23,24). The van der Waals surface area contributed by atoms with Gasteiger partial charge in [-0.3, -0.25) is 4.79 Å². The van der Waals surface area contributed by atoms with Crippen LogP contribution < -0.4 is 15.8 Å². The molecule has 31 heavy (non-hydrogen) atoms. The highest BCUT2D eigenvalue weighted by Crippen LogP contribution is 2.34. The molecule has 0 aliphatic heterocycles. The maximum absolute atomic E-state index is 12.9. The Labute approximate surface area is 195 Å². The van der Waals surface area contributed by atoms with Crippen molar-refractivity contribution in [2.45, 2.75) is 37.8 Å². The first-order chi connectivity index (χ1) is 14.7. The molecular weight excluding hydrogens is 483 g/mol. The molecule has 1 aliphatic carbocycles. The van der Waals surface area contributed by atoms with Crippen LogP contribution in [0, 0.1) is 0 Å². The van der Waals surface area contributed by atoms with Gasteiger partial charge in [0.05, 0.1) is 28.0 Å². The third-order valence-corrected chi connectivity index (χ3v) is 8.03. The van der Waals surface area contributed by atoms with Crippen molar-refractivity contribution in [1.82, 2.24) is 9.71 Å². The maximum atomic E-state index is 12.9. The Balaban J connectivity index is 1.60. The molecule has 8 nitrogen and oxygen atoms in total. The molecule has 2 aromatic rings. The summed E-state index contributed by atoms with van der Waals surface area (Å²) in [5.41, 5.74) is 6.18. The molecule has 1 saturated carbocycles. The van der Waals surface area contributed by atoms with E-state index in [4.69, 9.17) is 33.7 Å². The zero-order valence-electron chi connectivity index (χ0n) is 16.9. The van der Waals surface area contributed by atoms with Gasteiger partial charge in [-0.2, -0.15) is 0 Å². The number of carbonyl (C=O) groups excluding carboxylic acids is 1. The number of halogens is 2. The minimum atomic E-state index is -3.35. The van der Waals surface area contributed by atoms with Crippen molar-refractivity contribution < 1.29 is 17.9 Å². The van der Waals surface area contributed by atoms with Gasteiger partial charge >= 0.3 is 0 Å². The van der Waals surface area contributed by atoms with Crippen molar-refractivity contribution in [1.29, 1.82) is 0 Å². The fraction of sp³-hybridized carbons (Fsp3) is 0.474. The van der Waals surface area contributed by atoms with E-state index in [0.29, 0.717) is 18.0 Å². The zero-order chi connectivity index (χ0) is 22.6. The van der Waals surface area contributed by atoms with Gasteiger partial charge in [-0.05, 0) is 37.8 Å². The molecule has 0 unspecified atom stereocenters. The average Bonchev–Trinajstić information content (AvgIpc) is 3.07. The molecule has 12 heteroatoms. The molecule has 1 aromatic heterocycles. The first-order valence-corrected chi connectivity index (χ1v) is 12.9. The fourth-order valence-corrected chi connectivity index (χ4v) is 6.15. The summed E-state index contributed by atoms with van der Waals surface area (Å²) in [7, 11) is -1.87. The molecule has 1 heterocycles. The summed E-state index contributed by atoms with van der Waals surface area (Å²) in [6.45, 7) is 0.165. The number of hydrogen-bond acceptors (Lipinski definition) is 8. The topological polar surface area (TPSA) is 123 Å². The van der Waals surface area contributed by atoms with Gasteiger partial charge in [-0.25, -0.2) is 18.1 Å². The highest BCUT2D eigenvalue weighted by Gasteiger charge is 2.27. The van der Waals surface area contributed by atoms with Gasteiger partial charge in [0, 0.05) is 19.2 Å². The number of thiazole rings is 1. The van der Waals surface area contributed by atoms with Crippen LogP contribution in [0.4, 0.5) is 10.9 Å². The van der Waals surface area contributed by atoms with Crippen molar-refractivity contribution in [3.63, 3.8) is 0 Å². The number of methoxy groups -OCH3 is 1. The number of rotatable bonds is 9. The first-order valence-electron chi connectivity index (χ1n) is 9.70. The fourth-order valence-electron chi connectivity index (χ4n) is 3.42. The summed E-state index contributed by atoms with van der Waals surface area (Å²) in [6, 6.07) is 4.87. The molecule has 0 saturated heterocycles. The number of carbonyl (C=O) groups is 1. The summed E-state index contributed by atoms with van der Waals surface area (Å²) in [5.74, 6) is -0.298. The normalized spacial score (nSPS) is 19.3. The molecule has 3 rings (SSSR count). The second kappa shape index (κ2) is 10.5. The SMILES string of the molecule is COCCS(=O)(=O)NC1CCC(Nc2nc(N)c(C(=O)c3c(Cl)cccc3Cl)s2)CC1. The minimum absolute atomic E-state index is 0.0493. The number of ketones is 1.